The minimum Gasteiger partial charge on any atom is -0.508 e. The van der Waals surface area contributed by atoms with E-state index in [0.29, 0.717) is 10.6 Å². The molecule has 0 spiro atoms. The van der Waals surface area contributed by atoms with Crippen LogP contribution in [0.1, 0.15) is 19.4 Å². The van der Waals surface area contributed by atoms with Crippen molar-refractivity contribution in [2.24, 2.45) is 4.99 Å². The number of carboxylic acid groups (broad SMARTS) is 1. The number of phenolic OH excluding ortho intramolecular Hbond substituents is 2. The zero-order valence-corrected chi connectivity index (χ0v) is 10.7. The monoisotopic (exact) mass is 267 g/mol. The number of nitrogens with zero attached hydrogens (tertiary/aromatic N) is 1. The van der Waals surface area contributed by atoms with Gasteiger partial charge in [0.2, 0.25) is 0 Å². The van der Waals surface area contributed by atoms with Crippen LogP contribution in [-0.4, -0.2) is 37.1 Å². The number of carbonyl (C=O) groups is 1. The molecule has 0 saturated carbocycles. The van der Waals surface area contributed by atoms with Gasteiger partial charge in [-0.3, -0.25) is 4.99 Å². The molecule has 1 atom stereocenters. The lowest BCUT2D eigenvalue weighted by Crippen LogP contribution is -2.34. The van der Waals surface area contributed by atoms with Crippen molar-refractivity contribution in [1.29, 1.82) is 0 Å². The lowest BCUT2D eigenvalue weighted by molar-refractivity contribution is -0.138. The number of hydrogen-bond acceptors (Lipinski definition) is 5. The first kappa shape index (κ1) is 12.8. The molecule has 1 unspecified atom stereocenters. The van der Waals surface area contributed by atoms with E-state index in [9.17, 15) is 15.0 Å². The van der Waals surface area contributed by atoms with Crippen molar-refractivity contribution in [2.45, 2.75) is 24.6 Å². The molecule has 0 saturated heterocycles. The predicted molar refractivity (Wildman–Crippen MR) is 69.4 cm³/mol. The Morgan fingerprint density at radius 2 is 2.06 bits per heavy atom. The van der Waals surface area contributed by atoms with Crippen LogP contribution < -0.4 is 0 Å². The van der Waals surface area contributed by atoms with Crippen LogP contribution in [0.25, 0.3) is 0 Å². The van der Waals surface area contributed by atoms with Crippen LogP contribution in [0.2, 0.25) is 0 Å². The summed E-state index contributed by atoms with van der Waals surface area (Å²) >= 11 is 1.30. The molecule has 2 rings (SSSR count). The van der Waals surface area contributed by atoms with E-state index in [-0.39, 0.29) is 11.5 Å². The predicted octanol–water partition coefficient (Wildman–Crippen LogP) is 1.82. The molecule has 3 N–H and O–H groups in total. The molecule has 18 heavy (non-hydrogen) atoms. The van der Waals surface area contributed by atoms with Crippen LogP contribution >= 0.6 is 11.8 Å². The van der Waals surface area contributed by atoms with Crippen molar-refractivity contribution < 1.29 is 20.1 Å². The first-order valence-electron chi connectivity index (χ1n) is 5.33. The second-order valence-electron chi connectivity index (χ2n) is 4.58. The number of phenols is 2. The van der Waals surface area contributed by atoms with Gasteiger partial charge in [0.1, 0.15) is 16.5 Å². The third-order valence-corrected chi connectivity index (χ3v) is 3.98. The minimum atomic E-state index is -0.985. The third kappa shape index (κ3) is 2.15. The van der Waals surface area contributed by atoms with Crippen LogP contribution in [0.5, 0.6) is 11.5 Å². The standard InChI is InChI=1S/C12H13NO4S/c1-12(2)9(11(16)17)13-10(18-12)7-4-3-6(14)5-8(7)15/h3-5,9,14-15H,1-2H3,(H,16,17). The first-order valence-corrected chi connectivity index (χ1v) is 6.15. The van der Waals surface area contributed by atoms with Gasteiger partial charge in [0.25, 0.3) is 0 Å². The molecule has 1 aliphatic rings. The number of aliphatic imine (C=N–C) groups is 1. The van der Waals surface area contributed by atoms with Gasteiger partial charge < -0.3 is 15.3 Å². The van der Waals surface area contributed by atoms with E-state index in [4.69, 9.17) is 5.11 Å². The number of benzene rings is 1. The summed E-state index contributed by atoms with van der Waals surface area (Å²) in [6.45, 7) is 3.59. The highest BCUT2D eigenvalue weighted by molar-refractivity contribution is 8.15. The van der Waals surface area contributed by atoms with Gasteiger partial charge in [-0.25, -0.2) is 4.79 Å². The van der Waals surface area contributed by atoms with Crippen molar-refractivity contribution >= 4 is 22.8 Å². The molecule has 0 aromatic heterocycles. The second-order valence-corrected chi connectivity index (χ2v) is 6.23. The van der Waals surface area contributed by atoms with Crippen LogP contribution in [0.4, 0.5) is 0 Å². The van der Waals surface area contributed by atoms with Crippen LogP contribution in [0.3, 0.4) is 0 Å². The fourth-order valence-electron chi connectivity index (χ4n) is 1.78. The molecule has 1 aromatic rings. The molecular formula is C12H13NO4S. The minimum absolute atomic E-state index is 0.0473. The smallest absolute Gasteiger partial charge is 0.329 e. The third-order valence-electron chi connectivity index (χ3n) is 2.71. The van der Waals surface area contributed by atoms with Crippen LogP contribution in [0.15, 0.2) is 23.2 Å². The molecule has 0 radical (unpaired) electrons. The maximum absolute atomic E-state index is 11.1. The topological polar surface area (TPSA) is 90.1 Å². The zero-order valence-electron chi connectivity index (χ0n) is 9.91. The summed E-state index contributed by atoms with van der Waals surface area (Å²) in [5.41, 5.74) is 0.439. The Balaban J connectivity index is 2.41. The van der Waals surface area contributed by atoms with Crippen molar-refractivity contribution in [3.63, 3.8) is 0 Å². The van der Waals surface area contributed by atoms with E-state index >= 15 is 0 Å². The van der Waals surface area contributed by atoms with Crippen molar-refractivity contribution in [2.75, 3.05) is 0 Å². The Hall–Kier alpha value is -1.69. The molecule has 1 aromatic carbocycles. The van der Waals surface area contributed by atoms with E-state index in [1.165, 1.54) is 30.0 Å². The highest BCUT2D eigenvalue weighted by Crippen LogP contribution is 2.41. The Morgan fingerprint density at radius 1 is 1.39 bits per heavy atom. The maximum Gasteiger partial charge on any atom is 0.329 e. The largest absolute Gasteiger partial charge is 0.508 e. The molecule has 1 heterocycles. The number of aliphatic carboxylic acids is 1. The Labute approximate surface area is 108 Å². The van der Waals surface area contributed by atoms with E-state index in [0.717, 1.165) is 0 Å². The highest BCUT2D eigenvalue weighted by Gasteiger charge is 2.43. The summed E-state index contributed by atoms with van der Waals surface area (Å²) in [6.07, 6.45) is 0. The Bertz CT molecular complexity index is 539. The number of rotatable bonds is 2. The summed E-state index contributed by atoms with van der Waals surface area (Å²) < 4.78 is -0.564. The lowest BCUT2D eigenvalue weighted by Gasteiger charge is -2.20. The van der Waals surface area contributed by atoms with Gasteiger partial charge in [0.15, 0.2) is 6.04 Å². The van der Waals surface area contributed by atoms with E-state index in [1.807, 2.05) is 0 Å². The lowest BCUT2D eigenvalue weighted by atomic mass is 10.0. The maximum atomic E-state index is 11.1. The number of carboxylic acids is 1. The summed E-state index contributed by atoms with van der Waals surface area (Å²) in [5, 5.41) is 28.5. The number of aromatic hydroxyl groups is 2. The molecular weight excluding hydrogens is 254 g/mol. The average Bonchev–Trinajstić information content (AvgIpc) is 2.54. The molecule has 5 nitrogen and oxygen atoms in total. The van der Waals surface area contributed by atoms with Gasteiger partial charge >= 0.3 is 5.97 Å². The summed E-state index contributed by atoms with van der Waals surface area (Å²) in [7, 11) is 0. The van der Waals surface area contributed by atoms with Crippen molar-refractivity contribution in [1.82, 2.24) is 0 Å². The molecule has 1 aliphatic heterocycles. The second kappa shape index (κ2) is 4.20. The Morgan fingerprint density at radius 3 is 2.56 bits per heavy atom. The zero-order chi connectivity index (χ0) is 13.5. The Kier molecular flexibility index (Phi) is 2.98. The van der Waals surface area contributed by atoms with Crippen LogP contribution in [0, 0.1) is 0 Å². The van der Waals surface area contributed by atoms with Gasteiger partial charge in [-0.15, -0.1) is 0 Å². The van der Waals surface area contributed by atoms with E-state index in [2.05, 4.69) is 4.99 Å². The first-order chi connectivity index (χ1) is 8.31. The van der Waals surface area contributed by atoms with E-state index in [1.54, 1.807) is 13.8 Å². The van der Waals surface area contributed by atoms with Gasteiger partial charge in [0, 0.05) is 16.4 Å². The molecule has 96 valence electrons. The molecule has 0 amide bonds. The van der Waals surface area contributed by atoms with Crippen molar-refractivity contribution in [3.05, 3.63) is 23.8 Å². The summed E-state index contributed by atoms with van der Waals surface area (Å²) in [4.78, 5) is 15.2. The number of hydrogen-bond donors (Lipinski definition) is 3. The summed E-state index contributed by atoms with van der Waals surface area (Å²) in [5.74, 6) is -1.14. The molecule has 0 fully saturated rings. The quantitative estimate of drug-likeness (QED) is 0.760. The molecule has 6 heteroatoms. The van der Waals surface area contributed by atoms with Gasteiger partial charge in [-0.1, -0.05) is 11.8 Å². The fourth-order valence-corrected chi connectivity index (χ4v) is 2.99. The normalized spacial score (nSPS) is 21.7. The van der Waals surface area contributed by atoms with Crippen LogP contribution in [-0.2, 0) is 4.79 Å². The average molecular weight is 267 g/mol. The molecule has 0 bridgehead atoms. The van der Waals surface area contributed by atoms with Gasteiger partial charge in [0.05, 0.1) is 0 Å². The van der Waals surface area contributed by atoms with Crippen molar-refractivity contribution in [3.8, 4) is 11.5 Å². The SMILES string of the molecule is CC1(C)SC(c2ccc(O)cc2O)=NC1C(=O)O. The van der Waals surface area contributed by atoms with Gasteiger partial charge in [-0.2, -0.15) is 0 Å². The van der Waals surface area contributed by atoms with E-state index < -0.39 is 16.8 Å². The van der Waals surface area contributed by atoms with Gasteiger partial charge in [-0.05, 0) is 26.0 Å². The number of thioether (sulfide) groups is 1. The highest BCUT2D eigenvalue weighted by atomic mass is 32.2. The fraction of sp³-hybridized carbons (Fsp3) is 0.333. The molecule has 0 aliphatic carbocycles. The summed E-state index contributed by atoms with van der Waals surface area (Å²) in [6, 6.07) is 3.32.